The van der Waals surface area contributed by atoms with Gasteiger partial charge in [-0.05, 0) is 59.0 Å². The lowest BCUT2D eigenvalue weighted by Gasteiger charge is -2.31. The van der Waals surface area contributed by atoms with Crippen molar-refractivity contribution in [2.24, 2.45) is 5.92 Å². The molecular weight excluding hydrogens is 252 g/mol. The molecule has 1 rings (SSSR count). The molecule has 0 aromatic rings. The zero-order valence-corrected chi connectivity index (χ0v) is 14.0. The van der Waals surface area contributed by atoms with Gasteiger partial charge in [0.15, 0.2) is 0 Å². The summed E-state index contributed by atoms with van der Waals surface area (Å²) in [4.78, 5) is 14.6. The molecule has 1 aliphatic rings. The Morgan fingerprint density at radius 1 is 1.40 bits per heavy atom. The Labute approximate surface area is 124 Å². The number of nitrogens with zero attached hydrogens (tertiary/aromatic N) is 1. The van der Waals surface area contributed by atoms with E-state index in [-0.39, 0.29) is 12.0 Å². The normalized spacial score (nSPS) is 26.8. The maximum absolute atomic E-state index is 12.2. The van der Waals surface area contributed by atoms with Crippen LogP contribution in [0.3, 0.4) is 0 Å². The molecule has 0 heterocycles. The van der Waals surface area contributed by atoms with Gasteiger partial charge in [-0.25, -0.2) is 0 Å². The molecule has 1 fully saturated rings. The second-order valence-electron chi connectivity index (χ2n) is 6.93. The van der Waals surface area contributed by atoms with Crippen molar-refractivity contribution in [2.45, 2.75) is 71.0 Å². The highest BCUT2D eigenvalue weighted by atomic mass is 16.5. The summed E-state index contributed by atoms with van der Waals surface area (Å²) >= 11 is 0. The SMILES string of the molecule is COC(=O)C1(NC(C)C)CCC(N(C)CCC(C)C)C1. The Hall–Kier alpha value is -0.610. The van der Waals surface area contributed by atoms with E-state index in [0.29, 0.717) is 6.04 Å². The number of ether oxygens (including phenoxy) is 1. The summed E-state index contributed by atoms with van der Waals surface area (Å²) in [5, 5.41) is 3.45. The van der Waals surface area contributed by atoms with E-state index in [2.05, 4.69) is 45.0 Å². The maximum atomic E-state index is 12.2. The van der Waals surface area contributed by atoms with Gasteiger partial charge in [0.2, 0.25) is 0 Å². The highest BCUT2D eigenvalue weighted by Gasteiger charge is 2.47. The Bertz CT molecular complexity index is 318. The topological polar surface area (TPSA) is 41.6 Å². The lowest BCUT2D eigenvalue weighted by atomic mass is 9.96. The molecule has 0 spiro atoms. The summed E-state index contributed by atoms with van der Waals surface area (Å²) < 4.78 is 5.04. The molecule has 20 heavy (non-hydrogen) atoms. The van der Waals surface area contributed by atoms with E-state index >= 15 is 0 Å². The third kappa shape index (κ3) is 4.45. The maximum Gasteiger partial charge on any atom is 0.326 e. The number of rotatable bonds is 7. The van der Waals surface area contributed by atoms with Crippen molar-refractivity contribution in [1.82, 2.24) is 10.2 Å². The summed E-state index contributed by atoms with van der Waals surface area (Å²) in [5.41, 5.74) is -0.486. The first-order valence-corrected chi connectivity index (χ1v) is 7.87. The summed E-state index contributed by atoms with van der Waals surface area (Å²) in [6.45, 7) is 9.77. The van der Waals surface area contributed by atoms with Crippen LogP contribution in [0.5, 0.6) is 0 Å². The Morgan fingerprint density at radius 3 is 2.55 bits per heavy atom. The van der Waals surface area contributed by atoms with Crippen LogP contribution in [0.15, 0.2) is 0 Å². The minimum atomic E-state index is -0.486. The standard InChI is InChI=1S/C16H32N2O2/c1-12(2)8-10-18(5)14-7-9-16(11-14,15(19)20-6)17-13(3)4/h12-14,17H,7-11H2,1-6H3. The number of nitrogens with one attached hydrogen (secondary N) is 1. The average molecular weight is 284 g/mol. The number of carbonyl (C=O) groups excluding carboxylic acids is 1. The second kappa shape index (κ2) is 7.41. The minimum Gasteiger partial charge on any atom is -0.468 e. The van der Waals surface area contributed by atoms with Gasteiger partial charge in [-0.3, -0.25) is 10.1 Å². The molecule has 0 radical (unpaired) electrons. The molecule has 0 saturated heterocycles. The van der Waals surface area contributed by atoms with Gasteiger partial charge < -0.3 is 9.64 Å². The number of methoxy groups -OCH3 is 1. The summed E-state index contributed by atoms with van der Waals surface area (Å²) in [6.07, 6.45) is 3.99. The molecule has 0 bridgehead atoms. The summed E-state index contributed by atoms with van der Waals surface area (Å²) in [7, 11) is 3.66. The second-order valence-corrected chi connectivity index (χ2v) is 6.93. The molecule has 0 aromatic heterocycles. The van der Waals surface area contributed by atoms with Crippen LogP contribution in [0, 0.1) is 5.92 Å². The van der Waals surface area contributed by atoms with E-state index in [1.807, 2.05) is 0 Å². The van der Waals surface area contributed by atoms with Gasteiger partial charge in [0.1, 0.15) is 5.54 Å². The van der Waals surface area contributed by atoms with Gasteiger partial charge in [-0.15, -0.1) is 0 Å². The fourth-order valence-corrected chi connectivity index (χ4v) is 3.16. The van der Waals surface area contributed by atoms with Crippen molar-refractivity contribution in [3.8, 4) is 0 Å². The highest BCUT2D eigenvalue weighted by molar-refractivity contribution is 5.81. The minimum absolute atomic E-state index is 0.106. The van der Waals surface area contributed by atoms with E-state index < -0.39 is 5.54 Å². The van der Waals surface area contributed by atoms with Crippen LogP contribution in [-0.4, -0.2) is 49.2 Å². The zero-order valence-electron chi connectivity index (χ0n) is 14.0. The molecule has 0 amide bonds. The molecule has 2 unspecified atom stereocenters. The largest absolute Gasteiger partial charge is 0.468 e. The first-order chi connectivity index (χ1) is 9.30. The van der Waals surface area contributed by atoms with Crippen LogP contribution in [0.2, 0.25) is 0 Å². The molecule has 118 valence electrons. The Kier molecular flexibility index (Phi) is 6.46. The van der Waals surface area contributed by atoms with Crippen molar-refractivity contribution in [2.75, 3.05) is 20.7 Å². The molecule has 0 aliphatic heterocycles. The molecule has 1 aliphatic carbocycles. The quantitative estimate of drug-likeness (QED) is 0.729. The van der Waals surface area contributed by atoms with Crippen LogP contribution in [-0.2, 0) is 9.53 Å². The molecule has 0 aromatic carbocycles. The van der Waals surface area contributed by atoms with E-state index in [1.54, 1.807) is 0 Å². The lowest BCUT2D eigenvalue weighted by Crippen LogP contribution is -2.54. The fraction of sp³-hybridized carbons (Fsp3) is 0.938. The van der Waals surface area contributed by atoms with Gasteiger partial charge in [0.25, 0.3) is 0 Å². The van der Waals surface area contributed by atoms with Gasteiger partial charge in [-0.2, -0.15) is 0 Å². The molecule has 2 atom stereocenters. The molecule has 4 heteroatoms. The molecule has 1 N–H and O–H groups in total. The molecular formula is C16H32N2O2. The highest BCUT2D eigenvalue weighted by Crippen LogP contribution is 2.34. The van der Waals surface area contributed by atoms with Gasteiger partial charge in [-0.1, -0.05) is 13.8 Å². The van der Waals surface area contributed by atoms with Gasteiger partial charge in [0.05, 0.1) is 7.11 Å². The zero-order chi connectivity index (χ0) is 15.3. The van der Waals surface area contributed by atoms with Crippen LogP contribution < -0.4 is 5.32 Å². The first kappa shape index (κ1) is 17.4. The summed E-state index contributed by atoms with van der Waals surface area (Å²) in [6, 6.07) is 0.757. The van der Waals surface area contributed by atoms with E-state index in [1.165, 1.54) is 13.5 Å². The summed E-state index contributed by atoms with van der Waals surface area (Å²) in [5.74, 6) is 0.615. The number of carbonyl (C=O) groups is 1. The van der Waals surface area contributed by atoms with Gasteiger partial charge in [0, 0.05) is 12.1 Å². The lowest BCUT2D eigenvalue weighted by molar-refractivity contribution is -0.149. The van der Waals surface area contributed by atoms with Crippen molar-refractivity contribution in [3.63, 3.8) is 0 Å². The van der Waals surface area contributed by atoms with Crippen molar-refractivity contribution in [1.29, 1.82) is 0 Å². The Morgan fingerprint density at radius 2 is 2.05 bits per heavy atom. The third-order valence-corrected chi connectivity index (χ3v) is 4.31. The molecule has 1 saturated carbocycles. The number of hydrogen-bond donors (Lipinski definition) is 1. The number of esters is 1. The van der Waals surface area contributed by atoms with E-state index in [0.717, 1.165) is 31.7 Å². The van der Waals surface area contributed by atoms with E-state index in [4.69, 9.17) is 4.74 Å². The fourth-order valence-electron chi connectivity index (χ4n) is 3.16. The third-order valence-electron chi connectivity index (χ3n) is 4.31. The van der Waals surface area contributed by atoms with Crippen molar-refractivity contribution >= 4 is 5.97 Å². The van der Waals surface area contributed by atoms with Crippen LogP contribution >= 0.6 is 0 Å². The molecule has 4 nitrogen and oxygen atoms in total. The predicted octanol–water partition coefficient (Wildman–Crippen LogP) is 2.43. The van der Waals surface area contributed by atoms with Crippen LogP contribution in [0.25, 0.3) is 0 Å². The smallest absolute Gasteiger partial charge is 0.326 e. The van der Waals surface area contributed by atoms with Gasteiger partial charge >= 0.3 is 5.97 Å². The number of hydrogen-bond acceptors (Lipinski definition) is 4. The predicted molar refractivity (Wildman–Crippen MR) is 82.7 cm³/mol. The first-order valence-electron chi connectivity index (χ1n) is 7.87. The Balaban J connectivity index is 2.66. The van der Waals surface area contributed by atoms with Crippen molar-refractivity contribution < 1.29 is 9.53 Å². The average Bonchev–Trinajstić information content (AvgIpc) is 2.79. The van der Waals surface area contributed by atoms with Crippen LogP contribution in [0.4, 0.5) is 0 Å². The van der Waals surface area contributed by atoms with E-state index in [9.17, 15) is 4.79 Å². The van der Waals surface area contributed by atoms with Crippen LogP contribution in [0.1, 0.15) is 53.4 Å². The monoisotopic (exact) mass is 284 g/mol. The van der Waals surface area contributed by atoms with Crippen molar-refractivity contribution in [3.05, 3.63) is 0 Å².